The van der Waals surface area contributed by atoms with Crippen LogP contribution in [0.3, 0.4) is 0 Å². The van der Waals surface area contributed by atoms with Gasteiger partial charge in [-0.15, -0.1) is 12.4 Å². The van der Waals surface area contributed by atoms with Crippen LogP contribution in [0.2, 0.25) is 0 Å². The SMILES string of the molecule is C[C@H](NC(=O)C1(C2CCCC2)CCNCC1)c1ccccc1.Cl. The summed E-state index contributed by atoms with van der Waals surface area (Å²) in [6.07, 6.45) is 7.03. The lowest BCUT2D eigenvalue weighted by Gasteiger charge is -2.41. The number of carbonyl (C=O) groups excluding carboxylic acids is 1. The van der Waals surface area contributed by atoms with Gasteiger partial charge in [0.15, 0.2) is 0 Å². The zero-order valence-corrected chi connectivity index (χ0v) is 14.8. The summed E-state index contributed by atoms with van der Waals surface area (Å²) in [6.45, 7) is 4.05. The zero-order chi connectivity index (χ0) is 15.4. The van der Waals surface area contributed by atoms with E-state index in [1.54, 1.807) is 0 Å². The molecule has 1 heterocycles. The van der Waals surface area contributed by atoms with Crippen LogP contribution in [-0.2, 0) is 4.79 Å². The molecule has 0 bridgehead atoms. The maximum Gasteiger partial charge on any atom is 0.227 e. The number of nitrogens with one attached hydrogen (secondary N) is 2. The summed E-state index contributed by atoms with van der Waals surface area (Å²) >= 11 is 0. The second-order valence-electron chi connectivity index (χ2n) is 6.99. The molecule has 2 aliphatic rings. The average Bonchev–Trinajstić information content (AvgIpc) is 3.11. The van der Waals surface area contributed by atoms with E-state index in [9.17, 15) is 4.79 Å². The van der Waals surface area contributed by atoms with Crippen LogP contribution in [0.25, 0.3) is 0 Å². The Balaban J connectivity index is 0.00000192. The molecule has 0 spiro atoms. The molecule has 128 valence electrons. The topological polar surface area (TPSA) is 41.1 Å². The molecular formula is C19H29ClN2O. The Labute approximate surface area is 146 Å². The van der Waals surface area contributed by atoms with Crippen molar-refractivity contribution in [2.75, 3.05) is 13.1 Å². The zero-order valence-electron chi connectivity index (χ0n) is 14.0. The molecule has 1 saturated carbocycles. The fourth-order valence-electron chi connectivity index (χ4n) is 4.34. The highest BCUT2D eigenvalue weighted by atomic mass is 35.5. The van der Waals surface area contributed by atoms with Gasteiger partial charge in [0.05, 0.1) is 11.5 Å². The van der Waals surface area contributed by atoms with Crippen molar-refractivity contribution in [2.45, 2.75) is 51.5 Å². The molecule has 0 radical (unpaired) electrons. The van der Waals surface area contributed by atoms with Crippen molar-refractivity contribution in [1.29, 1.82) is 0 Å². The number of hydrogen-bond donors (Lipinski definition) is 2. The van der Waals surface area contributed by atoms with Gasteiger partial charge in [-0.2, -0.15) is 0 Å². The average molecular weight is 337 g/mol. The lowest BCUT2D eigenvalue weighted by molar-refractivity contribution is -0.137. The Morgan fingerprint density at radius 3 is 2.39 bits per heavy atom. The minimum absolute atomic E-state index is 0. The highest BCUT2D eigenvalue weighted by Gasteiger charge is 2.46. The molecule has 1 amide bonds. The van der Waals surface area contributed by atoms with Crippen LogP contribution in [0.5, 0.6) is 0 Å². The van der Waals surface area contributed by atoms with Gasteiger partial charge in [-0.05, 0) is 57.2 Å². The predicted octanol–water partition coefficient (Wildman–Crippen LogP) is 3.85. The standard InChI is InChI=1S/C19H28N2O.ClH/c1-15(16-7-3-2-4-8-16)21-18(22)19(11-13-20-14-12-19)17-9-5-6-10-17;/h2-4,7-8,15,17,20H,5-6,9-14H2,1H3,(H,21,22);1H/t15-;/m0./s1. The minimum Gasteiger partial charge on any atom is -0.349 e. The molecule has 0 unspecified atom stereocenters. The van der Waals surface area contributed by atoms with Gasteiger partial charge < -0.3 is 10.6 Å². The van der Waals surface area contributed by atoms with E-state index in [2.05, 4.69) is 29.7 Å². The highest BCUT2D eigenvalue weighted by Crippen LogP contribution is 2.46. The Kier molecular flexibility index (Phi) is 6.49. The molecule has 3 nitrogen and oxygen atoms in total. The van der Waals surface area contributed by atoms with Gasteiger partial charge in [-0.1, -0.05) is 43.2 Å². The molecule has 1 atom stereocenters. The molecule has 2 fully saturated rings. The van der Waals surface area contributed by atoms with Crippen LogP contribution in [0.1, 0.15) is 57.1 Å². The quantitative estimate of drug-likeness (QED) is 0.877. The minimum atomic E-state index is -0.134. The van der Waals surface area contributed by atoms with Gasteiger partial charge in [0.2, 0.25) is 5.91 Å². The number of benzene rings is 1. The molecule has 4 heteroatoms. The van der Waals surface area contributed by atoms with Gasteiger partial charge in [-0.3, -0.25) is 4.79 Å². The normalized spacial score (nSPS) is 22.1. The first kappa shape index (κ1) is 18.3. The third-order valence-electron chi connectivity index (χ3n) is 5.73. The predicted molar refractivity (Wildman–Crippen MR) is 96.7 cm³/mol. The summed E-state index contributed by atoms with van der Waals surface area (Å²) in [6, 6.07) is 10.4. The molecule has 1 aromatic carbocycles. The monoisotopic (exact) mass is 336 g/mol. The van der Waals surface area contributed by atoms with E-state index in [1.165, 1.54) is 31.2 Å². The number of piperidine rings is 1. The van der Waals surface area contributed by atoms with Crippen molar-refractivity contribution in [1.82, 2.24) is 10.6 Å². The summed E-state index contributed by atoms with van der Waals surface area (Å²) in [5, 5.41) is 6.74. The van der Waals surface area contributed by atoms with E-state index in [4.69, 9.17) is 0 Å². The number of rotatable bonds is 4. The molecule has 0 aromatic heterocycles. The van der Waals surface area contributed by atoms with Gasteiger partial charge in [0, 0.05) is 0 Å². The molecule has 1 saturated heterocycles. The third kappa shape index (κ3) is 3.89. The number of amides is 1. The van der Waals surface area contributed by atoms with Crippen LogP contribution >= 0.6 is 12.4 Å². The van der Waals surface area contributed by atoms with Crippen LogP contribution < -0.4 is 10.6 Å². The second-order valence-corrected chi connectivity index (χ2v) is 6.99. The maximum absolute atomic E-state index is 13.2. The van der Waals surface area contributed by atoms with E-state index < -0.39 is 0 Å². The largest absolute Gasteiger partial charge is 0.349 e. The Hall–Kier alpha value is -1.06. The molecule has 1 aliphatic heterocycles. The number of hydrogen-bond acceptors (Lipinski definition) is 2. The first-order chi connectivity index (χ1) is 10.7. The van der Waals surface area contributed by atoms with E-state index in [-0.39, 0.29) is 29.8 Å². The van der Waals surface area contributed by atoms with Crippen LogP contribution in [0.4, 0.5) is 0 Å². The first-order valence-corrected chi connectivity index (χ1v) is 8.79. The summed E-state index contributed by atoms with van der Waals surface area (Å²) in [5.74, 6) is 0.870. The van der Waals surface area contributed by atoms with E-state index >= 15 is 0 Å². The summed E-state index contributed by atoms with van der Waals surface area (Å²) in [4.78, 5) is 13.2. The third-order valence-corrected chi connectivity index (χ3v) is 5.73. The number of carbonyl (C=O) groups is 1. The fourth-order valence-corrected chi connectivity index (χ4v) is 4.34. The van der Waals surface area contributed by atoms with Crippen molar-refractivity contribution in [3.05, 3.63) is 35.9 Å². The van der Waals surface area contributed by atoms with Crippen molar-refractivity contribution in [3.8, 4) is 0 Å². The Morgan fingerprint density at radius 1 is 1.17 bits per heavy atom. The first-order valence-electron chi connectivity index (χ1n) is 8.79. The second kappa shape index (κ2) is 8.16. The Bertz CT molecular complexity index is 493. The molecule has 1 aromatic rings. The maximum atomic E-state index is 13.2. The Morgan fingerprint density at radius 2 is 1.78 bits per heavy atom. The number of halogens is 1. The van der Waals surface area contributed by atoms with Crippen LogP contribution in [0.15, 0.2) is 30.3 Å². The molecular weight excluding hydrogens is 308 g/mol. The highest BCUT2D eigenvalue weighted by molar-refractivity contribution is 5.85. The van der Waals surface area contributed by atoms with Crippen LogP contribution in [0, 0.1) is 11.3 Å². The van der Waals surface area contributed by atoms with Crippen LogP contribution in [-0.4, -0.2) is 19.0 Å². The molecule has 23 heavy (non-hydrogen) atoms. The van der Waals surface area contributed by atoms with Gasteiger partial charge in [-0.25, -0.2) is 0 Å². The van der Waals surface area contributed by atoms with Crippen molar-refractivity contribution in [3.63, 3.8) is 0 Å². The van der Waals surface area contributed by atoms with E-state index in [0.29, 0.717) is 5.92 Å². The summed E-state index contributed by atoms with van der Waals surface area (Å²) in [7, 11) is 0. The molecule has 1 aliphatic carbocycles. The molecule has 3 rings (SSSR count). The fraction of sp³-hybridized carbons (Fsp3) is 0.632. The lowest BCUT2D eigenvalue weighted by atomic mass is 9.67. The lowest BCUT2D eigenvalue weighted by Crippen LogP contribution is -2.51. The smallest absolute Gasteiger partial charge is 0.227 e. The van der Waals surface area contributed by atoms with Gasteiger partial charge in [0.1, 0.15) is 0 Å². The van der Waals surface area contributed by atoms with Gasteiger partial charge >= 0.3 is 0 Å². The van der Waals surface area contributed by atoms with Crippen molar-refractivity contribution in [2.24, 2.45) is 11.3 Å². The molecule has 2 N–H and O–H groups in total. The summed E-state index contributed by atoms with van der Waals surface area (Å²) < 4.78 is 0. The summed E-state index contributed by atoms with van der Waals surface area (Å²) in [5.41, 5.74) is 1.05. The van der Waals surface area contributed by atoms with E-state index in [1.807, 2.05) is 18.2 Å². The van der Waals surface area contributed by atoms with Crippen molar-refractivity contribution < 1.29 is 4.79 Å². The van der Waals surface area contributed by atoms with E-state index in [0.717, 1.165) is 25.9 Å². The van der Waals surface area contributed by atoms with Crippen molar-refractivity contribution >= 4 is 18.3 Å². The van der Waals surface area contributed by atoms with Gasteiger partial charge in [0.25, 0.3) is 0 Å².